The van der Waals surface area contributed by atoms with Crippen LogP contribution in [0.25, 0.3) is 0 Å². The van der Waals surface area contributed by atoms with Crippen LogP contribution in [0.4, 0.5) is 8.78 Å². The SMILES string of the molecule is Cc1cc(Oc2cccc(F)c2C#N)c([C@@H](C)N)cc1F. The first-order valence-electron chi connectivity index (χ1n) is 6.36. The lowest BCUT2D eigenvalue weighted by Crippen LogP contribution is -2.08. The van der Waals surface area contributed by atoms with Crippen LogP contribution in [-0.4, -0.2) is 0 Å². The summed E-state index contributed by atoms with van der Waals surface area (Å²) in [6, 6.07) is 8.16. The number of nitrogens with zero attached hydrogens (tertiary/aromatic N) is 1. The van der Waals surface area contributed by atoms with Gasteiger partial charge in [-0.25, -0.2) is 8.78 Å². The molecule has 0 unspecified atom stereocenters. The van der Waals surface area contributed by atoms with Crippen molar-refractivity contribution < 1.29 is 13.5 Å². The number of ether oxygens (including phenoxy) is 1. The summed E-state index contributed by atoms with van der Waals surface area (Å²) in [5, 5.41) is 9.00. The Morgan fingerprint density at radius 2 is 1.90 bits per heavy atom. The van der Waals surface area contributed by atoms with Gasteiger partial charge in [-0.05, 0) is 43.7 Å². The lowest BCUT2D eigenvalue weighted by atomic mass is 10.0. The van der Waals surface area contributed by atoms with E-state index in [4.69, 9.17) is 15.7 Å². The summed E-state index contributed by atoms with van der Waals surface area (Å²) in [4.78, 5) is 0. The first-order chi connectivity index (χ1) is 9.93. The molecule has 0 saturated heterocycles. The van der Waals surface area contributed by atoms with Gasteiger partial charge >= 0.3 is 0 Å². The maximum Gasteiger partial charge on any atom is 0.148 e. The van der Waals surface area contributed by atoms with E-state index in [0.717, 1.165) is 0 Å². The predicted molar refractivity (Wildman–Crippen MR) is 74.9 cm³/mol. The van der Waals surface area contributed by atoms with E-state index in [-0.39, 0.29) is 11.3 Å². The zero-order chi connectivity index (χ0) is 15.6. The Kier molecular flexibility index (Phi) is 4.20. The normalized spacial score (nSPS) is 11.8. The highest BCUT2D eigenvalue weighted by Crippen LogP contribution is 2.33. The Morgan fingerprint density at radius 1 is 1.19 bits per heavy atom. The minimum absolute atomic E-state index is 0.0745. The van der Waals surface area contributed by atoms with E-state index in [1.807, 2.05) is 0 Å². The van der Waals surface area contributed by atoms with Gasteiger partial charge in [0.25, 0.3) is 0 Å². The van der Waals surface area contributed by atoms with Gasteiger partial charge in [0, 0.05) is 11.6 Å². The monoisotopic (exact) mass is 288 g/mol. The molecule has 0 bridgehead atoms. The van der Waals surface area contributed by atoms with Crippen molar-refractivity contribution in [3.8, 4) is 17.6 Å². The molecule has 0 heterocycles. The van der Waals surface area contributed by atoms with E-state index < -0.39 is 17.7 Å². The highest BCUT2D eigenvalue weighted by Gasteiger charge is 2.16. The largest absolute Gasteiger partial charge is 0.456 e. The number of nitriles is 1. The lowest BCUT2D eigenvalue weighted by molar-refractivity contribution is 0.461. The number of rotatable bonds is 3. The molecule has 0 aliphatic rings. The third kappa shape index (κ3) is 3.01. The van der Waals surface area contributed by atoms with E-state index >= 15 is 0 Å². The smallest absolute Gasteiger partial charge is 0.148 e. The van der Waals surface area contributed by atoms with Crippen LogP contribution in [0.3, 0.4) is 0 Å². The summed E-state index contributed by atoms with van der Waals surface area (Å²) in [5.74, 6) is -0.679. The number of benzene rings is 2. The third-order valence-electron chi connectivity index (χ3n) is 3.09. The molecule has 2 N–H and O–H groups in total. The topological polar surface area (TPSA) is 59.0 Å². The Morgan fingerprint density at radius 3 is 2.52 bits per heavy atom. The average Bonchev–Trinajstić information content (AvgIpc) is 2.42. The van der Waals surface area contributed by atoms with Gasteiger partial charge in [0.15, 0.2) is 0 Å². The van der Waals surface area contributed by atoms with Gasteiger partial charge in [0.2, 0.25) is 0 Å². The number of hydrogen-bond acceptors (Lipinski definition) is 3. The molecule has 1 atom stereocenters. The van der Waals surface area contributed by atoms with E-state index in [9.17, 15) is 8.78 Å². The van der Waals surface area contributed by atoms with E-state index in [2.05, 4.69) is 0 Å². The standard InChI is InChI=1S/C16H14F2N2O/c1-9-6-16(11(10(2)20)7-14(9)18)21-15-5-3-4-13(17)12(15)8-19/h3-7,10H,20H2,1-2H3/t10-/m1/s1. The average molecular weight is 288 g/mol. The minimum atomic E-state index is -0.670. The van der Waals surface area contributed by atoms with Gasteiger partial charge in [-0.15, -0.1) is 0 Å². The van der Waals surface area contributed by atoms with Crippen LogP contribution in [0.2, 0.25) is 0 Å². The number of halogens is 2. The van der Waals surface area contributed by atoms with E-state index in [0.29, 0.717) is 16.9 Å². The molecule has 2 aromatic carbocycles. The molecule has 0 aliphatic heterocycles. The lowest BCUT2D eigenvalue weighted by Gasteiger charge is -2.16. The quantitative estimate of drug-likeness (QED) is 0.930. The summed E-state index contributed by atoms with van der Waals surface area (Å²) in [7, 11) is 0. The van der Waals surface area contributed by atoms with Crippen LogP contribution in [0.5, 0.6) is 11.5 Å². The molecule has 0 spiro atoms. The molecule has 3 nitrogen and oxygen atoms in total. The fourth-order valence-electron chi connectivity index (χ4n) is 1.93. The molecular formula is C16H14F2N2O. The Balaban J connectivity index is 2.52. The van der Waals surface area contributed by atoms with Gasteiger partial charge in [0.1, 0.15) is 34.8 Å². The summed E-state index contributed by atoms with van der Waals surface area (Å²) < 4.78 is 32.8. The summed E-state index contributed by atoms with van der Waals surface area (Å²) in [6.45, 7) is 3.28. The van der Waals surface area contributed by atoms with Crippen LogP contribution in [0.1, 0.15) is 29.7 Å². The predicted octanol–water partition coefficient (Wildman–Crippen LogP) is 3.96. The zero-order valence-corrected chi connectivity index (χ0v) is 11.7. The van der Waals surface area contributed by atoms with Crippen LogP contribution in [-0.2, 0) is 0 Å². The Bertz CT molecular complexity index is 721. The molecule has 108 valence electrons. The second-order valence-corrected chi connectivity index (χ2v) is 4.75. The maximum absolute atomic E-state index is 13.6. The fraction of sp³-hybridized carbons (Fsp3) is 0.188. The molecule has 0 aromatic heterocycles. The molecular weight excluding hydrogens is 274 g/mol. The number of nitrogens with two attached hydrogens (primary N) is 1. The number of aryl methyl sites for hydroxylation is 1. The molecule has 2 aromatic rings. The van der Waals surface area contributed by atoms with Crippen LogP contribution >= 0.6 is 0 Å². The fourth-order valence-corrected chi connectivity index (χ4v) is 1.93. The highest BCUT2D eigenvalue weighted by molar-refractivity contribution is 5.48. The molecule has 21 heavy (non-hydrogen) atoms. The van der Waals surface area contributed by atoms with Crippen LogP contribution < -0.4 is 10.5 Å². The number of hydrogen-bond donors (Lipinski definition) is 1. The molecule has 0 amide bonds. The van der Waals surface area contributed by atoms with Crippen LogP contribution in [0.15, 0.2) is 30.3 Å². The van der Waals surface area contributed by atoms with E-state index in [1.165, 1.54) is 30.3 Å². The second-order valence-electron chi connectivity index (χ2n) is 4.75. The van der Waals surface area contributed by atoms with Gasteiger partial charge < -0.3 is 10.5 Å². The minimum Gasteiger partial charge on any atom is -0.456 e. The zero-order valence-electron chi connectivity index (χ0n) is 11.7. The van der Waals surface area contributed by atoms with Crippen LogP contribution in [0, 0.1) is 29.9 Å². The van der Waals surface area contributed by atoms with Crippen molar-refractivity contribution in [2.75, 3.05) is 0 Å². The second kappa shape index (κ2) is 5.90. The van der Waals surface area contributed by atoms with Gasteiger partial charge in [-0.1, -0.05) is 6.07 Å². The maximum atomic E-state index is 13.6. The van der Waals surface area contributed by atoms with Crippen molar-refractivity contribution in [1.82, 2.24) is 0 Å². The molecule has 5 heteroatoms. The Hall–Kier alpha value is -2.45. The summed E-state index contributed by atoms with van der Waals surface area (Å²) in [5.41, 5.74) is 6.43. The van der Waals surface area contributed by atoms with Crippen molar-refractivity contribution in [3.05, 3.63) is 58.7 Å². The molecule has 0 radical (unpaired) electrons. The van der Waals surface area contributed by atoms with Gasteiger partial charge in [-0.3, -0.25) is 0 Å². The van der Waals surface area contributed by atoms with Gasteiger partial charge in [-0.2, -0.15) is 5.26 Å². The molecule has 0 aliphatic carbocycles. The van der Waals surface area contributed by atoms with Crippen molar-refractivity contribution >= 4 is 0 Å². The third-order valence-corrected chi connectivity index (χ3v) is 3.09. The van der Waals surface area contributed by atoms with Gasteiger partial charge in [0.05, 0.1) is 0 Å². The molecule has 2 rings (SSSR count). The van der Waals surface area contributed by atoms with Crippen molar-refractivity contribution in [1.29, 1.82) is 5.26 Å². The summed E-state index contributed by atoms with van der Waals surface area (Å²) >= 11 is 0. The van der Waals surface area contributed by atoms with E-state index in [1.54, 1.807) is 19.9 Å². The Labute approximate surface area is 121 Å². The molecule has 0 saturated carbocycles. The summed E-state index contributed by atoms with van der Waals surface area (Å²) in [6.07, 6.45) is 0. The van der Waals surface area contributed by atoms with Crippen molar-refractivity contribution in [2.24, 2.45) is 5.73 Å². The first kappa shape index (κ1) is 14.9. The molecule has 0 fully saturated rings. The van der Waals surface area contributed by atoms with Crippen molar-refractivity contribution in [2.45, 2.75) is 19.9 Å². The highest BCUT2D eigenvalue weighted by atomic mass is 19.1. The van der Waals surface area contributed by atoms with Crippen molar-refractivity contribution in [3.63, 3.8) is 0 Å². The first-order valence-corrected chi connectivity index (χ1v) is 6.36.